The minimum Gasteiger partial charge on any atom is -0.493 e. The fourth-order valence-corrected chi connectivity index (χ4v) is 4.50. The zero-order valence-corrected chi connectivity index (χ0v) is 21.3. The monoisotopic (exact) mass is 509 g/mol. The second-order valence-corrected chi connectivity index (χ2v) is 10.2. The third-order valence-electron chi connectivity index (χ3n) is 5.76. The summed E-state index contributed by atoms with van der Waals surface area (Å²) >= 11 is 1.41. The highest BCUT2D eigenvalue weighted by molar-refractivity contribution is 8.16. The van der Waals surface area contributed by atoms with Crippen molar-refractivity contribution in [2.24, 2.45) is 16.1 Å². The van der Waals surface area contributed by atoms with Crippen LogP contribution in [0, 0.1) is 5.92 Å². The van der Waals surface area contributed by atoms with Crippen LogP contribution in [0.25, 0.3) is 0 Å². The summed E-state index contributed by atoms with van der Waals surface area (Å²) in [6.07, 6.45) is 3.07. The van der Waals surface area contributed by atoms with Crippen LogP contribution in [0.4, 0.5) is 0 Å². The normalized spacial score (nSPS) is 21.9. The maximum Gasteiger partial charge on any atom is 0.339 e. The molecule has 0 spiro atoms. The Balaban J connectivity index is 1.66. The number of nitrogens with one attached hydrogen (secondary N) is 1. The Bertz CT molecular complexity index is 992. The van der Waals surface area contributed by atoms with Gasteiger partial charge < -0.3 is 29.5 Å². The first-order valence-corrected chi connectivity index (χ1v) is 13.0. The lowest BCUT2D eigenvalue weighted by Gasteiger charge is -2.24. The third-order valence-corrected chi connectivity index (χ3v) is 7.13. The van der Waals surface area contributed by atoms with Crippen LogP contribution in [-0.4, -0.2) is 64.1 Å². The van der Waals surface area contributed by atoms with E-state index in [2.05, 4.69) is 15.5 Å². The first kappa shape index (κ1) is 27.2. The van der Waals surface area contributed by atoms with Gasteiger partial charge in [0.15, 0.2) is 0 Å². The molecule has 1 aliphatic carbocycles. The Hall–Kier alpha value is -2.37. The molecule has 1 aromatic heterocycles. The van der Waals surface area contributed by atoms with Crippen LogP contribution in [0.5, 0.6) is 5.75 Å². The molecule has 1 saturated carbocycles. The van der Waals surface area contributed by atoms with Crippen LogP contribution in [0.1, 0.15) is 64.7 Å². The number of oxime groups is 1. The highest BCUT2D eigenvalue weighted by Crippen LogP contribution is 2.32. The maximum absolute atomic E-state index is 13.3. The molecule has 1 aromatic rings. The lowest BCUT2D eigenvalue weighted by Crippen LogP contribution is -2.45. The molecule has 35 heavy (non-hydrogen) atoms. The van der Waals surface area contributed by atoms with Crippen molar-refractivity contribution in [3.63, 3.8) is 0 Å². The lowest BCUT2D eigenvalue weighted by atomic mass is 10.0. The number of thioether (sulfide) groups is 1. The van der Waals surface area contributed by atoms with Crippen LogP contribution in [0.2, 0.25) is 0 Å². The first-order chi connectivity index (χ1) is 16.7. The van der Waals surface area contributed by atoms with E-state index in [9.17, 15) is 14.7 Å². The molecule has 1 fully saturated rings. The van der Waals surface area contributed by atoms with Crippen LogP contribution >= 0.6 is 11.8 Å². The van der Waals surface area contributed by atoms with Gasteiger partial charge in [-0.05, 0) is 39.0 Å². The molecular weight excluding hydrogens is 474 g/mol. The van der Waals surface area contributed by atoms with Crippen molar-refractivity contribution in [2.45, 2.75) is 70.6 Å². The number of carbonyl (C=O) groups is 1. The number of nitrogens with zero attached hydrogens (tertiary/aromatic N) is 2. The minimum absolute atomic E-state index is 0.155. The largest absolute Gasteiger partial charge is 0.493 e. The Labute approximate surface area is 209 Å². The molecule has 1 amide bonds. The van der Waals surface area contributed by atoms with E-state index in [0.717, 1.165) is 19.3 Å². The quantitative estimate of drug-likeness (QED) is 0.197. The van der Waals surface area contributed by atoms with Gasteiger partial charge in [-0.15, -0.1) is 11.8 Å². The number of aliphatic hydroxyl groups is 2. The highest BCUT2D eigenvalue weighted by Gasteiger charge is 2.40. The van der Waals surface area contributed by atoms with E-state index in [1.165, 1.54) is 17.8 Å². The summed E-state index contributed by atoms with van der Waals surface area (Å²) in [7, 11) is 0. The molecule has 2 aliphatic rings. The van der Waals surface area contributed by atoms with Gasteiger partial charge in [0.05, 0.1) is 31.4 Å². The topological polar surface area (TPSA) is 143 Å². The van der Waals surface area contributed by atoms with Crippen molar-refractivity contribution in [2.75, 3.05) is 25.6 Å². The average molecular weight is 510 g/mol. The molecule has 0 radical (unpaired) electrons. The van der Waals surface area contributed by atoms with Gasteiger partial charge in [-0.3, -0.25) is 9.79 Å². The number of carbonyl (C=O) groups excluding carboxylic acids is 1. The van der Waals surface area contributed by atoms with E-state index in [1.807, 2.05) is 6.92 Å². The summed E-state index contributed by atoms with van der Waals surface area (Å²) in [6, 6.07) is 2.53. The zero-order valence-electron chi connectivity index (χ0n) is 20.5. The Morgan fingerprint density at radius 1 is 1.40 bits per heavy atom. The van der Waals surface area contributed by atoms with Crippen molar-refractivity contribution in [3.8, 4) is 5.75 Å². The lowest BCUT2D eigenvalue weighted by molar-refractivity contribution is -0.125. The minimum atomic E-state index is -1.02. The standard InChI is InChI=1S/C24H35N3O7S/c1-4-5-19(20-10-18(11-21(30)34-20)32-13-16-6-7-16)25-23(31)24(3)14-35-22(26-24)15(2)27-33-9-8-17(29)12-28/h10-11,16-17,19,28-29H,4-9,12-14H2,1-3H3,(H,25,31)/b27-15+/t17?,19-,24+/m1/s1. The van der Waals surface area contributed by atoms with Gasteiger partial charge in [0.25, 0.3) is 0 Å². The zero-order chi connectivity index (χ0) is 25.4. The summed E-state index contributed by atoms with van der Waals surface area (Å²) in [5.41, 5.74) is -0.998. The van der Waals surface area contributed by atoms with Gasteiger partial charge in [-0.2, -0.15) is 0 Å². The summed E-state index contributed by atoms with van der Waals surface area (Å²) in [4.78, 5) is 35.2. The molecule has 1 aliphatic heterocycles. The highest BCUT2D eigenvalue weighted by atomic mass is 32.2. The van der Waals surface area contributed by atoms with Crippen LogP contribution < -0.4 is 15.7 Å². The van der Waals surface area contributed by atoms with E-state index < -0.39 is 23.3 Å². The molecular formula is C24H35N3O7S. The van der Waals surface area contributed by atoms with E-state index >= 15 is 0 Å². The predicted molar refractivity (Wildman–Crippen MR) is 134 cm³/mol. The Kier molecular flexibility index (Phi) is 9.76. The molecule has 3 N–H and O–H groups in total. The SMILES string of the molecule is CCC[C@@H](NC(=O)[C@]1(C)CSC(/C(C)=N/OCCC(O)CO)=N1)c1cc(OCC2CC2)cc(=O)o1. The van der Waals surface area contributed by atoms with Crippen molar-refractivity contribution < 1.29 is 29.0 Å². The Morgan fingerprint density at radius 2 is 2.17 bits per heavy atom. The van der Waals surface area contributed by atoms with Crippen molar-refractivity contribution in [3.05, 3.63) is 28.3 Å². The third kappa shape index (κ3) is 8.08. The number of hydrogen-bond acceptors (Lipinski definition) is 10. The number of hydrogen-bond donors (Lipinski definition) is 3. The van der Waals surface area contributed by atoms with Gasteiger partial charge in [0.2, 0.25) is 5.91 Å². The van der Waals surface area contributed by atoms with E-state index in [4.69, 9.17) is 19.1 Å². The summed E-state index contributed by atoms with van der Waals surface area (Å²) in [5.74, 6) is 1.53. The van der Waals surface area contributed by atoms with E-state index in [-0.39, 0.29) is 25.5 Å². The van der Waals surface area contributed by atoms with E-state index in [1.54, 1.807) is 19.9 Å². The fraction of sp³-hybridized carbons (Fsp3) is 0.667. The van der Waals surface area contributed by atoms with Crippen LogP contribution in [-0.2, 0) is 9.63 Å². The maximum atomic E-state index is 13.3. The predicted octanol–water partition coefficient (Wildman–Crippen LogP) is 2.43. The number of rotatable bonds is 14. The van der Waals surface area contributed by atoms with E-state index in [0.29, 0.717) is 47.0 Å². The van der Waals surface area contributed by atoms with Crippen LogP contribution in [0.3, 0.4) is 0 Å². The smallest absolute Gasteiger partial charge is 0.339 e. The molecule has 2 heterocycles. The fourth-order valence-electron chi connectivity index (χ4n) is 3.38. The van der Waals surface area contributed by atoms with Gasteiger partial charge >= 0.3 is 5.63 Å². The summed E-state index contributed by atoms with van der Waals surface area (Å²) in [6.45, 7) is 5.88. The molecule has 3 atom stereocenters. The number of ether oxygens (including phenoxy) is 1. The van der Waals surface area contributed by atoms with Gasteiger partial charge in [-0.25, -0.2) is 4.79 Å². The van der Waals surface area contributed by atoms with Gasteiger partial charge in [0, 0.05) is 18.2 Å². The second kappa shape index (κ2) is 12.5. The second-order valence-electron chi connectivity index (χ2n) is 9.20. The average Bonchev–Trinajstić information content (AvgIpc) is 3.58. The van der Waals surface area contributed by atoms with Gasteiger partial charge in [-0.1, -0.05) is 18.5 Å². The van der Waals surface area contributed by atoms with Crippen LogP contribution in [0.15, 0.2) is 31.5 Å². The molecule has 0 bridgehead atoms. The van der Waals surface area contributed by atoms with Crippen molar-refractivity contribution >= 4 is 28.4 Å². The van der Waals surface area contributed by atoms with Crippen molar-refractivity contribution in [1.82, 2.24) is 5.32 Å². The first-order valence-electron chi connectivity index (χ1n) is 12.0. The Morgan fingerprint density at radius 3 is 2.86 bits per heavy atom. The number of aliphatic hydroxyl groups excluding tert-OH is 2. The molecule has 1 unspecified atom stereocenters. The number of amides is 1. The number of aliphatic imine (C=N–C) groups is 1. The summed E-state index contributed by atoms with van der Waals surface area (Å²) < 4.78 is 11.2. The molecule has 0 saturated heterocycles. The molecule has 11 heteroatoms. The van der Waals surface area contributed by atoms with Gasteiger partial charge in [0.1, 0.15) is 34.4 Å². The molecule has 0 aromatic carbocycles. The van der Waals surface area contributed by atoms with Crippen molar-refractivity contribution in [1.29, 1.82) is 0 Å². The molecule has 10 nitrogen and oxygen atoms in total. The molecule has 3 rings (SSSR count). The molecule has 194 valence electrons. The summed E-state index contributed by atoms with van der Waals surface area (Å²) in [5, 5.41) is 25.8.